The first-order valence-corrected chi connectivity index (χ1v) is 9.92. The highest BCUT2D eigenvalue weighted by molar-refractivity contribution is 6.09. The molecule has 3 aromatic carbocycles. The molecule has 0 aliphatic carbocycles. The van der Waals surface area contributed by atoms with Gasteiger partial charge in [0, 0.05) is 51.9 Å². The summed E-state index contributed by atoms with van der Waals surface area (Å²) in [6.07, 6.45) is 3.24. The summed E-state index contributed by atoms with van der Waals surface area (Å²) < 4.78 is 7.73. The van der Waals surface area contributed by atoms with Crippen LogP contribution in [0.5, 0.6) is 5.75 Å². The summed E-state index contributed by atoms with van der Waals surface area (Å²) >= 11 is 0. The number of fused-ring (bicyclic) bond motifs is 3. The van der Waals surface area contributed by atoms with E-state index in [0.29, 0.717) is 12.2 Å². The number of carbonyl (C=O) groups is 1. The zero-order chi connectivity index (χ0) is 20.2. The topological polar surface area (TPSA) is 43.3 Å². The molecule has 29 heavy (non-hydrogen) atoms. The first-order chi connectivity index (χ1) is 14.2. The Hall–Kier alpha value is -3.53. The van der Waals surface area contributed by atoms with Crippen molar-refractivity contribution < 1.29 is 9.53 Å². The maximum atomic E-state index is 12.4. The number of anilines is 1. The molecule has 4 nitrogen and oxygen atoms in total. The van der Waals surface area contributed by atoms with Gasteiger partial charge in [0.15, 0.2) is 5.78 Å². The van der Waals surface area contributed by atoms with Crippen LogP contribution >= 0.6 is 0 Å². The highest BCUT2D eigenvalue weighted by atomic mass is 16.5. The Balaban J connectivity index is 1.53. The fourth-order valence-electron chi connectivity index (χ4n) is 3.68. The lowest BCUT2D eigenvalue weighted by molar-refractivity contribution is 0.104. The third kappa shape index (κ3) is 3.74. The number of para-hydroxylation sites is 1. The van der Waals surface area contributed by atoms with E-state index in [4.69, 9.17) is 4.74 Å². The van der Waals surface area contributed by atoms with Crippen LogP contribution in [0.1, 0.15) is 24.2 Å². The Morgan fingerprint density at radius 1 is 0.966 bits per heavy atom. The zero-order valence-corrected chi connectivity index (χ0v) is 16.7. The number of ether oxygens (including phenoxy) is 1. The Kier molecular flexibility index (Phi) is 5.34. The standard InChI is InChI=1S/C25H24N2O2/c1-3-27-23-8-6-5-7-21(23)22-17-19(11-14-24(22)27)26-16-15-25(28)18-9-12-20(13-10-18)29-4-2/h5-17,26H,3-4H2,1-2H3. The zero-order valence-electron chi connectivity index (χ0n) is 16.7. The summed E-state index contributed by atoms with van der Waals surface area (Å²) in [6, 6.07) is 21.9. The monoisotopic (exact) mass is 384 g/mol. The van der Waals surface area contributed by atoms with Gasteiger partial charge >= 0.3 is 0 Å². The molecule has 4 rings (SSSR count). The minimum absolute atomic E-state index is 0.0517. The van der Waals surface area contributed by atoms with Crippen LogP contribution < -0.4 is 10.1 Å². The number of hydrogen-bond acceptors (Lipinski definition) is 3. The second kappa shape index (κ2) is 8.23. The molecule has 1 heterocycles. The van der Waals surface area contributed by atoms with Crippen LogP contribution in [0.3, 0.4) is 0 Å². The van der Waals surface area contributed by atoms with Gasteiger partial charge in [0.2, 0.25) is 0 Å². The fraction of sp³-hybridized carbons (Fsp3) is 0.160. The number of allylic oxidation sites excluding steroid dienone is 1. The summed E-state index contributed by atoms with van der Waals surface area (Å²) in [4.78, 5) is 12.4. The summed E-state index contributed by atoms with van der Waals surface area (Å²) in [7, 11) is 0. The van der Waals surface area contributed by atoms with Crippen LogP contribution in [-0.2, 0) is 6.54 Å². The molecule has 0 unspecified atom stereocenters. The van der Waals surface area contributed by atoms with Crippen molar-refractivity contribution >= 4 is 33.3 Å². The lowest BCUT2D eigenvalue weighted by Crippen LogP contribution is -1.97. The molecule has 1 aromatic heterocycles. The highest BCUT2D eigenvalue weighted by Crippen LogP contribution is 2.30. The first kappa shape index (κ1) is 18.8. The van der Waals surface area contributed by atoms with Crippen molar-refractivity contribution in [2.75, 3.05) is 11.9 Å². The van der Waals surface area contributed by atoms with E-state index < -0.39 is 0 Å². The summed E-state index contributed by atoms with van der Waals surface area (Å²) in [6.45, 7) is 5.63. The Labute approximate surface area is 170 Å². The minimum atomic E-state index is -0.0517. The average molecular weight is 384 g/mol. The van der Waals surface area contributed by atoms with Crippen molar-refractivity contribution in [2.24, 2.45) is 0 Å². The third-order valence-corrected chi connectivity index (χ3v) is 5.02. The number of carbonyl (C=O) groups excluding carboxylic acids is 1. The molecule has 0 atom stereocenters. The summed E-state index contributed by atoms with van der Waals surface area (Å²) in [5.74, 6) is 0.718. The van der Waals surface area contributed by atoms with Crippen LogP contribution in [0.4, 0.5) is 5.69 Å². The van der Waals surface area contributed by atoms with Gasteiger partial charge in [-0.1, -0.05) is 18.2 Å². The number of ketones is 1. The molecule has 0 saturated carbocycles. The largest absolute Gasteiger partial charge is 0.494 e. The fourth-order valence-corrected chi connectivity index (χ4v) is 3.68. The lowest BCUT2D eigenvalue weighted by Gasteiger charge is -2.05. The third-order valence-electron chi connectivity index (χ3n) is 5.02. The number of nitrogens with one attached hydrogen (secondary N) is 1. The molecule has 146 valence electrons. The predicted octanol–water partition coefficient (Wildman–Crippen LogP) is 6.02. The molecule has 4 heteroatoms. The van der Waals surface area contributed by atoms with E-state index in [9.17, 15) is 4.79 Å². The van der Waals surface area contributed by atoms with Gasteiger partial charge in [-0.15, -0.1) is 0 Å². The normalized spacial score (nSPS) is 11.4. The second-order valence-corrected chi connectivity index (χ2v) is 6.79. The van der Waals surface area contributed by atoms with Crippen molar-refractivity contribution in [1.29, 1.82) is 0 Å². The van der Waals surface area contributed by atoms with Crippen LogP contribution in [-0.4, -0.2) is 17.0 Å². The van der Waals surface area contributed by atoms with Crippen LogP contribution in [0, 0.1) is 0 Å². The summed E-state index contributed by atoms with van der Waals surface area (Å²) in [5, 5.41) is 5.67. The number of aromatic nitrogens is 1. The Morgan fingerprint density at radius 2 is 1.72 bits per heavy atom. The molecule has 0 amide bonds. The van der Waals surface area contributed by atoms with Crippen molar-refractivity contribution in [2.45, 2.75) is 20.4 Å². The van der Waals surface area contributed by atoms with Gasteiger partial charge in [-0.2, -0.15) is 0 Å². The van der Waals surface area contributed by atoms with E-state index >= 15 is 0 Å². The predicted molar refractivity (Wildman–Crippen MR) is 120 cm³/mol. The van der Waals surface area contributed by atoms with E-state index in [1.54, 1.807) is 24.4 Å². The van der Waals surface area contributed by atoms with Gasteiger partial charge in [-0.25, -0.2) is 0 Å². The van der Waals surface area contributed by atoms with Crippen LogP contribution in [0.25, 0.3) is 21.8 Å². The van der Waals surface area contributed by atoms with Gasteiger partial charge in [-0.05, 0) is 62.4 Å². The SMILES string of the molecule is CCOc1ccc(C(=O)C=CNc2ccc3c(c2)c2ccccc2n3CC)cc1. The molecule has 0 bridgehead atoms. The van der Waals surface area contributed by atoms with E-state index in [1.165, 1.54) is 21.8 Å². The summed E-state index contributed by atoms with van der Waals surface area (Å²) in [5.41, 5.74) is 4.04. The minimum Gasteiger partial charge on any atom is -0.494 e. The molecule has 0 aliphatic heterocycles. The van der Waals surface area contributed by atoms with Gasteiger partial charge in [-0.3, -0.25) is 4.79 Å². The van der Waals surface area contributed by atoms with Gasteiger partial charge < -0.3 is 14.6 Å². The number of hydrogen-bond donors (Lipinski definition) is 1. The van der Waals surface area contributed by atoms with Crippen LogP contribution in [0.15, 0.2) is 79.0 Å². The van der Waals surface area contributed by atoms with Crippen molar-refractivity contribution in [3.8, 4) is 5.75 Å². The van der Waals surface area contributed by atoms with Crippen molar-refractivity contribution in [1.82, 2.24) is 4.57 Å². The van der Waals surface area contributed by atoms with Crippen molar-refractivity contribution in [3.05, 3.63) is 84.6 Å². The molecule has 0 saturated heterocycles. The number of aryl methyl sites for hydroxylation is 1. The van der Waals surface area contributed by atoms with Gasteiger partial charge in [0.1, 0.15) is 5.75 Å². The number of benzene rings is 3. The molecule has 0 spiro atoms. The van der Waals surface area contributed by atoms with Gasteiger partial charge in [0.25, 0.3) is 0 Å². The average Bonchev–Trinajstić information content (AvgIpc) is 3.07. The molecule has 0 radical (unpaired) electrons. The highest BCUT2D eigenvalue weighted by Gasteiger charge is 2.09. The molecule has 1 N–H and O–H groups in total. The van der Waals surface area contributed by atoms with Crippen LogP contribution in [0.2, 0.25) is 0 Å². The Bertz CT molecular complexity index is 1190. The first-order valence-electron chi connectivity index (χ1n) is 9.92. The number of nitrogens with zero attached hydrogens (tertiary/aromatic N) is 1. The quantitative estimate of drug-likeness (QED) is 0.313. The molecule has 0 aliphatic rings. The van der Waals surface area contributed by atoms with E-state index in [1.807, 2.05) is 25.1 Å². The molecule has 4 aromatic rings. The van der Waals surface area contributed by atoms with E-state index in [-0.39, 0.29) is 5.78 Å². The van der Waals surface area contributed by atoms with Gasteiger partial charge in [0.05, 0.1) is 6.61 Å². The van der Waals surface area contributed by atoms with E-state index in [2.05, 4.69) is 53.2 Å². The number of rotatable bonds is 7. The second-order valence-electron chi connectivity index (χ2n) is 6.79. The lowest BCUT2D eigenvalue weighted by atomic mass is 10.1. The van der Waals surface area contributed by atoms with E-state index in [0.717, 1.165) is 18.0 Å². The molecular formula is C25H24N2O2. The maximum Gasteiger partial charge on any atom is 0.187 e. The molecule has 0 fully saturated rings. The smallest absolute Gasteiger partial charge is 0.187 e. The molecular weight excluding hydrogens is 360 g/mol. The van der Waals surface area contributed by atoms with Crippen molar-refractivity contribution in [3.63, 3.8) is 0 Å². The maximum absolute atomic E-state index is 12.4. The Morgan fingerprint density at radius 3 is 2.48 bits per heavy atom.